The highest BCUT2D eigenvalue weighted by molar-refractivity contribution is 6.00. The Morgan fingerprint density at radius 1 is 1.24 bits per heavy atom. The third kappa shape index (κ3) is 4.19. The van der Waals surface area contributed by atoms with E-state index in [0.717, 1.165) is 22.6 Å². The summed E-state index contributed by atoms with van der Waals surface area (Å²) in [6, 6.07) is 17.4. The second-order valence-corrected chi connectivity index (χ2v) is 6.66. The monoisotopic (exact) mass is 387 g/mol. The van der Waals surface area contributed by atoms with Crippen LogP contribution in [-0.2, 0) is 4.79 Å². The molecule has 7 nitrogen and oxygen atoms in total. The molecule has 2 heterocycles. The van der Waals surface area contributed by atoms with Gasteiger partial charge in [0, 0.05) is 18.2 Å². The summed E-state index contributed by atoms with van der Waals surface area (Å²) in [5.41, 5.74) is 2.86. The first-order valence-corrected chi connectivity index (χ1v) is 9.22. The Kier molecular flexibility index (Phi) is 5.11. The normalized spacial score (nSPS) is 15.6. The number of benzene rings is 2. The van der Waals surface area contributed by atoms with E-state index in [-0.39, 0.29) is 17.9 Å². The third-order valence-electron chi connectivity index (χ3n) is 4.62. The van der Waals surface area contributed by atoms with E-state index < -0.39 is 0 Å². The summed E-state index contributed by atoms with van der Waals surface area (Å²) in [6.45, 7) is 4.03. The summed E-state index contributed by atoms with van der Waals surface area (Å²) in [4.78, 5) is 16.7. The van der Waals surface area contributed by atoms with Crippen LogP contribution < -0.4 is 15.4 Å². The summed E-state index contributed by atoms with van der Waals surface area (Å²) in [5.74, 6) is 1.26. The number of nitrogens with zero attached hydrogens (tertiary/aromatic N) is 3. The predicted octanol–water partition coefficient (Wildman–Crippen LogP) is 3.86. The first-order valence-electron chi connectivity index (χ1n) is 9.22. The van der Waals surface area contributed by atoms with Crippen molar-refractivity contribution in [2.45, 2.75) is 12.5 Å². The molecule has 4 rings (SSSR count). The Bertz CT molecular complexity index is 1050. The molecule has 0 saturated carbocycles. The number of nitrogens with one attached hydrogen (secondary N) is 2. The Balaban J connectivity index is 1.49. The number of anilines is 2. The van der Waals surface area contributed by atoms with E-state index in [1.165, 1.54) is 6.08 Å². The van der Waals surface area contributed by atoms with Crippen molar-refractivity contribution in [3.63, 3.8) is 0 Å². The lowest BCUT2D eigenvalue weighted by Crippen LogP contribution is -2.23. The molecule has 0 unspecified atom stereocenters. The molecule has 2 N–H and O–H groups in total. The molecule has 1 amide bonds. The number of hydrogen-bond acceptors (Lipinski definition) is 5. The maximum Gasteiger partial charge on any atom is 0.250 e. The molecule has 1 aliphatic heterocycles. The van der Waals surface area contributed by atoms with E-state index in [1.54, 1.807) is 17.9 Å². The number of amides is 1. The fourth-order valence-electron chi connectivity index (χ4n) is 3.18. The number of rotatable bonds is 5. The van der Waals surface area contributed by atoms with Gasteiger partial charge in [-0.1, -0.05) is 49.0 Å². The van der Waals surface area contributed by atoms with Crippen molar-refractivity contribution in [1.29, 1.82) is 0 Å². The van der Waals surface area contributed by atoms with E-state index in [9.17, 15) is 4.79 Å². The molecule has 146 valence electrons. The minimum atomic E-state index is -0.307. The van der Waals surface area contributed by atoms with Gasteiger partial charge in [-0.05, 0) is 29.3 Å². The van der Waals surface area contributed by atoms with Crippen molar-refractivity contribution in [2.24, 2.45) is 0 Å². The molecule has 1 atom stereocenters. The summed E-state index contributed by atoms with van der Waals surface area (Å²) >= 11 is 0. The summed E-state index contributed by atoms with van der Waals surface area (Å²) in [6.07, 6.45) is 3.87. The van der Waals surface area contributed by atoms with E-state index >= 15 is 0 Å². The third-order valence-corrected chi connectivity index (χ3v) is 4.62. The summed E-state index contributed by atoms with van der Waals surface area (Å²) in [7, 11) is 1.61. The number of ether oxygens (including phenoxy) is 1. The molecule has 29 heavy (non-hydrogen) atoms. The Morgan fingerprint density at radius 2 is 2.00 bits per heavy atom. The first kappa shape index (κ1) is 18.5. The number of fused-ring (bicyclic) bond motifs is 1. The molecule has 0 radical (unpaired) electrons. The number of carbonyl (C=O) groups excluding carboxylic acids is 1. The van der Waals surface area contributed by atoms with Crippen LogP contribution in [0.2, 0.25) is 0 Å². The topological polar surface area (TPSA) is 81.1 Å². The number of aromatic nitrogens is 3. The van der Waals surface area contributed by atoms with Gasteiger partial charge in [0.2, 0.25) is 5.95 Å². The standard InChI is InChI=1S/C22H21N5O2/c1-15-14-19(17-6-4-3-5-7-17)27-22(23-15)25-21(26-27)24-20(28)13-10-16-8-11-18(29-2)12-9-16/h3-13,19H,1,14H2,2H3,(H2,23,24,25,26,28)/b13-10+/t19-/m1/s1. The molecule has 0 fully saturated rings. The zero-order chi connectivity index (χ0) is 20.2. The molecule has 7 heteroatoms. The second-order valence-electron chi connectivity index (χ2n) is 6.66. The van der Waals surface area contributed by atoms with Crippen LogP contribution >= 0.6 is 0 Å². The Labute approximate surface area is 168 Å². The molecule has 0 spiro atoms. The SMILES string of the molecule is C=C1C[C@H](c2ccccc2)n2nc(NC(=O)/C=C/c3ccc(OC)cc3)nc2N1. The largest absolute Gasteiger partial charge is 0.497 e. The highest BCUT2D eigenvalue weighted by Crippen LogP contribution is 2.32. The second kappa shape index (κ2) is 8.02. The smallest absolute Gasteiger partial charge is 0.250 e. The average molecular weight is 387 g/mol. The van der Waals surface area contributed by atoms with E-state index in [2.05, 4.69) is 27.3 Å². The van der Waals surface area contributed by atoms with Gasteiger partial charge in [-0.15, -0.1) is 5.10 Å². The van der Waals surface area contributed by atoms with Gasteiger partial charge in [0.25, 0.3) is 11.9 Å². The van der Waals surface area contributed by atoms with Gasteiger partial charge in [-0.3, -0.25) is 10.1 Å². The van der Waals surface area contributed by atoms with Gasteiger partial charge in [-0.2, -0.15) is 4.98 Å². The maximum absolute atomic E-state index is 12.3. The molecule has 3 aromatic rings. The molecule has 0 aliphatic carbocycles. The van der Waals surface area contributed by atoms with Crippen molar-refractivity contribution < 1.29 is 9.53 Å². The number of methoxy groups -OCH3 is 1. The summed E-state index contributed by atoms with van der Waals surface area (Å²) in [5, 5.41) is 10.3. The predicted molar refractivity (Wildman–Crippen MR) is 113 cm³/mol. The van der Waals surface area contributed by atoms with Gasteiger partial charge in [0.1, 0.15) is 5.75 Å². The van der Waals surface area contributed by atoms with Gasteiger partial charge in [0.15, 0.2) is 0 Å². The molecule has 1 aromatic heterocycles. The van der Waals surface area contributed by atoms with E-state index in [1.807, 2.05) is 54.6 Å². The zero-order valence-corrected chi connectivity index (χ0v) is 16.0. The van der Waals surface area contributed by atoms with Gasteiger partial charge in [0.05, 0.1) is 13.2 Å². The lowest BCUT2D eigenvalue weighted by atomic mass is 10.0. The van der Waals surface area contributed by atoms with Crippen molar-refractivity contribution in [2.75, 3.05) is 17.7 Å². The van der Waals surface area contributed by atoms with Gasteiger partial charge in [-0.25, -0.2) is 4.68 Å². The average Bonchev–Trinajstić information content (AvgIpc) is 3.14. The highest BCUT2D eigenvalue weighted by Gasteiger charge is 2.26. The molecule has 2 aromatic carbocycles. The zero-order valence-electron chi connectivity index (χ0n) is 16.0. The van der Waals surface area contributed by atoms with Crippen LogP contribution in [-0.4, -0.2) is 27.8 Å². The number of hydrogen-bond donors (Lipinski definition) is 2. The minimum Gasteiger partial charge on any atom is -0.497 e. The molecular weight excluding hydrogens is 366 g/mol. The quantitative estimate of drug-likeness (QED) is 0.650. The lowest BCUT2D eigenvalue weighted by Gasteiger charge is -2.26. The number of carbonyl (C=O) groups is 1. The maximum atomic E-state index is 12.3. The highest BCUT2D eigenvalue weighted by atomic mass is 16.5. The molecule has 0 saturated heterocycles. The van der Waals surface area contributed by atoms with Crippen LogP contribution in [0.3, 0.4) is 0 Å². The van der Waals surface area contributed by atoms with Gasteiger partial charge >= 0.3 is 0 Å². The van der Waals surface area contributed by atoms with Crippen molar-refractivity contribution in [3.8, 4) is 5.75 Å². The molecule has 0 bridgehead atoms. The molecule has 1 aliphatic rings. The summed E-state index contributed by atoms with van der Waals surface area (Å²) < 4.78 is 6.91. The van der Waals surface area contributed by atoms with Crippen LogP contribution in [0.5, 0.6) is 5.75 Å². The van der Waals surface area contributed by atoms with Crippen molar-refractivity contribution in [1.82, 2.24) is 14.8 Å². The Morgan fingerprint density at radius 3 is 2.72 bits per heavy atom. The van der Waals surface area contributed by atoms with Gasteiger partial charge < -0.3 is 10.1 Å². The van der Waals surface area contributed by atoms with E-state index in [4.69, 9.17) is 4.74 Å². The number of allylic oxidation sites excluding steroid dienone is 1. The first-order chi connectivity index (χ1) is 14.1. The van der Waals surface area contributed by atoms with Crippen LogP contribution in [0.4, 0.5) is 11.9 Å². The minimum absolute atomic E-state index is 0.0204. The van der Waals surface area contributed by atoms with Crippen LogP contribution in [0.25, 0.3) is 6.08 Å². The Hall–Kier alpha value is -3.87. The fraction of sp³-hybridized carbons (Fsp3) is 0.136. The van der Waals surface area contributed by atoms with Crippen LogP contribution in [0.15, 0.2) is 72.9 Å². The fourth-order valence-corrected chi connectivity index (χ4v) is 3.18. The van der Waals surface area contributed by atoms with Crippen molar-refractivity contribution in [3.05, 3.63) is 84.1 Å². The molecular formula is C22H21N5O2. The van der Waals surface area contributed by atoms with Crippen molar-refractivity contribution >= 4 is 23.9 Å². The lowest BCUT2D eigenvalue weighted by molar-refractivity contribution is -0.111. The van der Waals surface area contributed by atoms with E-state index in [0.29, 0.717) is 12.4 Å². The van der Waals surface area contributed by atoms with Crippen LogP contribution in [0.1, 0.15) is 23.6 Å². The van der Waals surface area contributed by atoms with Crippen LogP contribution in [0, 0.1) is 0 Å².